The summed E-state index contributed by atoms with van der Waals surface area (Å²) in [5, 5.41) is 7.26. The lowest BCUT2D eigenvalue weighted by molar-refractivity contribution is 0.0394. The Balaban J connectivity index is 1.59. The number of aryl methyl sites for hydroxylation is 2. The maximum atomic E-state index is 6.28. The van der Waals surface area contributed by atoms with E-state index in [1.54, 1.807) is 0 Å². The summed E-state index contributed by atoms with van der Waals surface area (Å²) < 4.78 is 10.6. The summed E-state index contributed by atoms with van der Waals surface area (Å²) in [6.07, 6.45) is 2.72. The zero-order chi connectivity index (χ0) is 16.2. The molecule has 23 heavy (non-hydrogen) atoms. The van der Waals surface area contributed by atoms with E-state index in [-0.39, 0.29) is 6.04 Å². The third kappa shape index (κ3) is 3.80. The summed E-state index contributed by atoms with van der Waals surface area (Å²) in [4.78, 5) is 7.00. The molecular weight excluding hydrogens is 294 g/mol. The third-order valence-electron chi connectivity index (χ3n) is 4.34. The van der Waals surface area contributed by atoms with Crippen LogP contribution >= 0.6 is 0 Å². The number of aliphatic imine (C=N–C) groups is 1. The van der Waals surface area contributed by atoms with E-state index in [0.717, 1.165) is 74.2 Å². The summed E-state index contributed by atoms with van der Waals surface area (Å²) in [5.41, 5.74) is 9.36. The Morgan fingerprint density at radius 1 is 1.39 bits per heavy atom. The van der Waals surface area contributed by atoms with E-state index in [2.05, 4.69) is 20.4 Å². The Labute approximate surface area is 136 Å². The molecular formula is C16H25N5O2. The third-order valence-corrected chi connectivity index (χ3v) is 4.34. The molecule has 1 atom stereocenters. The van der Waals surface area contributed by atoms with Crippen molar-refractivity contribution in [2.45, 2.75) is 26.3 Å². The number of ether oxygens (including phenoxy) is 1. The van der Waals surface area contributed by atoms with E-state index in [0.29, 0.717) is 0 Å². The zero-order valence-corrected chi connectivity index (χ0v) is 13.8. The Kier molecular flexibility index (Phi) is 5.09. The van der Waals surface area contributed by atoms with Gasteiger partial charge in [0.25, 0.3) is 0 Å². The first-order chi connectivity index (χ1) is 11.1. The first-order valence-corrected chi connectivity index (χ1v) is 8.14. The Hall–Kier alpha value is -1.70. The van der Waals surface area contributed by atoms with Crippen LogP contribution in [-0.2, 0) is 4.74 Å². The molecule has 1 aromatic rings. The molecule has 2 aliphatic rings. The Morgan fingerprint density at radius 3 is 2.83 bits per heavy atom. The molecule has 0 bridgehead atoms. The van der Waals surface area contributed by atoms with Crippen molar-refractivity contribution in [1.29, 1.82) is 0 Å². The maximum absolute atomic E-state index is 6.28. The Bertz CT molecular complexity index is 582. The van der Waals surface area contributed by atoms with Crippen LogP contribution in [0.1, 0.15) is 23.4 Å². The van der Waals surface area contributed by atoms with Crippen molar-refractivity contribution in [3.05, 3.63) is 23.2 Å². The predicted molar refractivity (Wildman–Crippen MR) is 89.2 cm³/mol. The molecule has 7 heteroatoms. The van der Waals surface area contributed by atoms with E-state index < -0.39 is 0 Å². The van der Waals surface area contributed by atoms with E-state index >= 15 is 0 Å². The largest absolute Gasteiger partial charge is 0.379 e. The molecule has 1 unspecified atom stereocenters. The molecule has 2 aliphatic heterocycles. The maximum Gasteiger partial charge on any atom is 0.141 e. The number of morpholine rings is 1. The summed E-state index contributed by atoms with van der Waals surface area (Å²) >= 11 is 0. The van der Waals surface area contributed by atoms with Gasteiger partial charge in [0.15, 0.2) is 0 Å². The second-order valence-electron chi connectivity index (χ2n) is 6.04. The van der Waals surface area contributed by atoms with Gasteiger partial charge in [-0.05, 0) is 25.8 Å². The van der Waals surface area contributed by atoms with E-state index in [1.807, 2.05) is 20.0 Å². The number of amidine groups is 1. The van der Waals surface area contributed by atoms with Crippen molar-refractivity contribution in [1.82, 2.24) is 15.4 Å². The van der Waals surface area contributed by atoms with E-state index in [9.17, 15) is 0 Å². The fourth-order valence-corrected chi connectivity index (χ4v) is 3.08. The van der Waals surface area contributed by atoms with Gasteiger partial charge in [0.2, 0.25) is 0 Å². The monoisotopic (exact) mass is 319 g/mol. The van der Waals surface area contributed by atoms with Crippen LogP contribution in [0, 0.1) is 13.8 Å². The van der Waals surface area contributed by atoms with Crippen LogP contribution in [0.15, 0.2) is 15.7 Å². The van der Waals surface area contributed by atoms with Crippen LogP contribution in [0.5, 0.6) is 0 Å². The van der Waals surface area contributed by atoms with Crippen LogP contribution in [0.2, 0.25) is 0 Å². The molecule has 0 aromatic carbocycles. The lowest BCUT2D eigenvalue weighted by atomic mass is 9.95. The molecule has 0 amide bonds. The fraction of sp³-hybridized carbons (Fsp3) is 0.625. The average Bonchev–Trinajstić information content (AvgIpc) is 2.89. The molecule has 3 N–H and O–H groups in total. The van der Waals surface area contributed by atoms with Gasteiger partial charge in [0.05, 0.1) is 31.5 Å². The molecule has 1 fully saturated rings. The van der Waals surface area contributed by atoms with Crippen molar-refractivity contribution < 1.29 is 9.26 Å². The van der Waals surface area contributed by atoms with Crippen molar-refractivity contribution in [3.63, 3.8) is 0 Å². The molecule has 0 radical (unpaired) electrons. The van der Waals surface area contributed by atoms with Crippen LogP contribution in [0.25, 0.3) is 5.57 Å². The number of nitrogens with zero attached hydrogens (tertiary/aromatic N) is 3. The highest BCUT2D eigenvalue weighted by Crippen LogP contribution is 2.27. The smallest absolute Gasteiger partial charge is 0.141 e. The summed E-state index contributed by atoms with van der Waals surface area (Å²) in [6, 6.07) is -0.117. The van der Waals surface area contributed by atoms with Crippen molar-refractivity contribution in [2.24, 2.45) is 10.7 Å². The number of nitrogens with two attached hydrogens (primary N) is 1. The zero-order valence-electron chi connectivity index (χ0n) is 13.8. The molecule has 3 rings (SSSR count). The molecule has 0 spiro atoms. The lowest BCUT2D eigenvalue weighted by Crippen LogP contribution is -2.43. The van der Waals surface area contributed by atoms with Gasteiger partial charge in [0.1, 0.15) is 11.6 Å². The summed E-state index contributed by atoms with van der Waals surface area (Å²) in [7, 11) is 0. The van der Waals surface area contributed by atoms with Crippen LogP contribution in [0.4, 0.5) is 0 Å². The summed E-state index contributed by atoms with van der Waals surface area (Å²) in [5.74, 6) is 1.68. The normalized spacial score (nSPS) is 24.6. The lowest BCUT2D eigenvalue weighted by Gasteiger charge is -2.26. The molecule has 0 saturated carbocycles. The molecule has 1 saturated heterocycles. The molecule has 7 nitrogen and oxygen atoms in total. The number of nitrogens with one attached hydrogen (secondary N) is 1. The van der Waals surface area contributed by atoms with Gasteiger partial charge in [-0.25, -0.2) is 0 Å². The summed E-state index contributed by atoms with van der Waals surface area (Å²) in [6.45, 7) is 9.18. The van der Waals surface area contributed by atoms with Crippen LogP contribution < -0.4 is 11.1 Å². The van der Waals surface area contributed by atoms with Crippen molar-refractivity contribution in [2.75, 3.05) is 39.4 Å². The van der Waals surface area contributed by atoms with Gasteiger partial charge in [-0.3, -0.25) is 9.89 Å². The van der Waals surface area contributed by atoms with Gasteiger partial charge in [-0.2, -0.15) is 0 Å². The standard InChI is InChI=1S/C16H25N5O2/c1-11-15(12(2)23-20-11)13-9-14(17)16(19-10-13)18-3-4-21-5-7-22-8-6-21/h10,14H,3-9,17H2,1-2H3,(H,18,19). The van der Waals surface area contributed by atoms with Crippen molar-refractivity contribution >= 4 is 11.4 Å². The van der Waals surface area contributed by atoms with Crippen LogP contribution in [0.3, 0.4) is 0 Å². The van der Waals surface area contributed by atoms with E-state index in [4.69, 9.17) is 15.0 Å². The second-order valence-corrected chi connectivity index (χ2v) is 6.04. The van der Waals surface area contributed by atoms with Crippen LogP contribution in [-0.4, -0.2) is 61.3 Å². The van der Waals surface area contributed by atoms with Gasteiger partial charge in [-0.15, -0.1) is 0 Å². The quantitative estimate of drug-likeness (QED) is 0.848. The average molecular weight is 319 g/mol. The minimum atomic E-state index is -0.117. The molecule has 3 heterocycles. The number of rotatable bonds is 4. The highest BCUT2D eigenvalue weighted by Gasteiger charge is 2.23. The Morgan fingerprint density at radius 2 is 2.17 bits per heavy atom. The number of aromatic nitrogens is 1. The highest BCUT2D eigenvalue weighted by atomic mass is 16.5. The fourth-order valence-electron chi connectivity index (χ4n) is 3.08. The SMILES string of the molecule is Cc1noc(C)c1C1=CNC(=NCCN2CCOCC2)C(N)C1. The minimum Gasteiger partial charge on any atom is -0.379 e. The van der Waals surface area contributed by atoms with Gasteiger partial charge in [-0.1, -0.05) is 5.16 Å². The number of hydrogen-bond acceptors (Lipinski definition) is 6. The first kappa shape index (κ1) is 16.2. The highest BCUT2D eigenvalue weighted by molar-refractivity contribution is 5.93. The predicted octanol–water partition coefficient (Wildman–Crippen LogP) is 0.684. The molecule has 0 aliphatic carbocycles. The van der Waals surface area contributed by atoms with E-state index in [1.165, 1.54) is 0 Å². The number of hydrogen-bond donors (Lipinski definition) is 2. The second kappa shape index (κ2) is 7.25. The topological polar surface area (TPSA) is 88.9 Å². The van der Waals surface area contributed by atoms with Crippen molar-refractivity contribution in [3.8, 4) is 0 Å². The van der Waals surface area contributed by atoms with Gasteiger partial charge < -0.3 is 20.3 Å². The molecule has 126 valence electrons. The van der Waals surface area contributed by atoms with Gasteiger partial charge in [0, 0.05) is 31.4 Å². The molecule has 1 aromatic heterocycles. The first-order valence-electron chi connectivity index (χ1n) is 8.14. The minimum absolute atomic E-state index is 0.117. The van der Waals surface area contributed by atoms with Gasteiger partial charge >= 0.3 is 0 Å².